The highest BCUT2D eigenvalue weighted by molar-refractivity contribution is 8.14. The predicted molar refractivity (Wildman–Crippen MR) is 101 cm³/mol. The van der Waals surface area contributed by atoms with Gasteiger partial charge >= 0.3 is 0 Å². The summed E-state index contributed by atoms with van der Waals surface area (Å²) in [4.78, 5) is 34.6. The first-order valence-electron chi connectivity index (χ1n) is 8.41. The summed E-state index contributed by atoms with van der Waals surface area (Å²) in [7, 11) is 0. The Morgan fingerprint density at radius 2 is 1.96 bits per heavy atom. The number of amides is 2. The first-order valence-corrected chi connectivity index (χ1v) is 9.39. The lowest BCUT2D eigenvalue weighted by Gasteiger charge is -2.26. The van der Waals surface area contributed by atoms with Gasteiger partial charge in [-0.05, 0) is 24.3 Å². The van der Waals surface area contributed by atoms with Gasteiger partial charge in [0.2, 0.25) is 5.91 Å². The van der Waals surface area contributed by atoms with Crippen LogP contribution in [0.1, 0.15) is 0 Å². The number of nitrogens with zero attached hydrogens (tertiary/aromatic N) is 5. The molecule has 0 spiro atoms. The van der Waals surface area contributed by atoms with Crippen LogP contribution in [0.25, 0.3) is 0 Å². The summed E-state index contributed by atoms with van der Waals surface area (Å²) in [6.45, 7) is 2.19. The number of ether oxygens (including phenoxy) is 1. The molecule has 1 saturated heterocycles. The van der Waals surface area contributed by atoms with Crippen molar-refractivity contribution >= 4 is 46.5 Å². The van der Waals surface area contributed by atoms with Crippen LogP contribution in [0.3, 0.4) is 0 Å². The standard InChI is InChI=1S/C17H16FN5O3S/c18-11-1-3-12(4-2-11)23-15-13(9-19-23)16(25)21-17(20-15)27-10-14(24)22-5-7-26-8-6-22/h1-4,9,13H,5-8,10H2. The number of amidine groups is 2. The van der Waals surface area contributed by atoms with Gasteiger partial charge in [0.15, 0.2) is 11.0 Å². The predicted octanol–water partition coefficient (Wildman–Crippen LogP) is 1.13. The molecule has 4 rings (SSSR count). The van der Waals surface area contributed by atoms with E-state index in [1.807, 2.05) is 0 Å². The number of rotatable bonds is 3. The van der Waals surface area contributed by atoms with Crippen molar-refractivity contribution in [1.82, 2.24) is 4.90 Å². The minimum atomic E-state index is -0.658. The van der Waals surface area contributed by atoms with E-state index in [-0.39, 0.29) is 28.6 Å². The molecule has 1 fully saturated rings. The van der Waals surface area contributed by atoms with Gasteiger partial charge in [-0.3, -0.25) is 9.59 Å². The Morgan fingerprint density at radius 1 is 1.22 bits per heavy atom. The van der Waals surface area contributed by atoms with Crippen molar-refractivity contribution in [1.29, 1.82) is 0 Å². The number of thioether (sulfide) groups is 1. The van der Waals surface area contributed by atoms with E-state index in [9.17, 15) is 14.0 Å². The molecule has 140 valence electrons. The fourth-order valence-electron chi connectivity index (χ4n) is 2.84. The van der Waals surface area contributed by atoms with Crippen LogP contribution < -0.4 is 5.01 Å². The maximum Gasteiger partial charge on any atom is 0.264 e. The van der Waals surface area contributed by atoms with Gasteiger partial charge in [0.05, 0.1) is 24.7 Å². The maximum atomic E-state index is 13.2. The zero-order valence-corrected chi connectivity index (χ0v) is 15.1. The Bertz CT molecular complexity index is 849. The van der Waals surface area contributed by atoms with Crippen LogP contribution in [0.15, 0.2) is 39.4 Å². The van der Waals surface area contributed by atoms with Crippen molar-refractivity contribution in [3.8, 4) is 0 Å². The van der Waals surface area contributed by atoms with E-state index in [1.165, 1.54) is 23.4 Å². The zero-order valence-electron chi connectivity index (χ0n) is 14.2. The lowest BCUT2D eigenvalue weighted by molar-refractivity contribution is -0.132. The molecule has 8 nitrogen and oxygen atoms in total. The molecule has 2 amide bonds. The topological polar surface area (TPSA) is 86.9 Å². The second kappa shape index (κ2) is 7.57. The molecule has 10 heteroatoms. The Labute approximate surface area is 158 Å². The third-order valence-corrected chi connectivity index (χ3v) is 5.10. The van der Waals surface area contributed by atoms with Crippen LogP contribution in [-0.2, 0) is 14.3 Å². The minimum absolute atomic E-state index is 0.0427. The molecule has 3 aliphatic heterocycles. The molecule has 1 atom stereocenters. The number of carbonyl (C=O) groups is 2. The highest BCUT2D eigenvalue weighted by atomic mass is 32.2. The highest BCUT2D eigenvalue weighted by Crippen LogP contribution is 2.26. The summed E-state index contributed by atoms with van der Waals surface area (Å²) in [5.74, 6) is -0.893. The second-order valence-corrected chi connectivity index (χ2v) is 6.96. The molecule has 1 aromatic carbocycles. The van der Waals surface area contributed by atoms with Crippen LogP contribution >= 0.6 is 11.8 Å². The molecule has 0 aromatic heterocycles. The minimum Gasteiger partial charge on any atom is -0.378 e. The highest BCUT2D eigenvalue weighted by Gasteiger charge is 2.36. The number of benzene rings is 1. The van der Waals surface area contributed by atoms with Gasteiger partial charge in [-0.25, -0.2) is 14.4 Å². The van der Waals surface area contributed by atoms with Crippen molar-refractivity contribution in [2.75, 3.05) is 37.1 Å². The second-order valence-electron chi connectivity index (χ2n) is 6.01. The summed E-state index contributed by atoms with van der Waals surface area (Å²) in [6, 6.07) is 5.74. The average Bonchev–Trinajstić information content (AvgIpc) is 3.12. The van der Waals surface area contributed by atoms with E-state index in [0.29, 0.717) is 37.8 Å². The quantitative estimate of drug-likeness (QED) is 0.774. The number of hydrazone groups is 1. The molecule has 3 heterocycles. The lowest BCUT2D eigenvalue weighted by Crippen LogP contribution is -2.41. The summed E-state index contributed by atoms with van der Waals surface area (Å²) in [6.07, 6.45) is 1.47. The van der Waals surface area contributed by atoms with Gasteiger partial charge in [-0.1, -0.05) is 11.8 Å². The van der Waals surface area contributed by atoms with Crippen LogP contribution in [-0.4, -0.2) is 66.0 Å². The number of carbonyl (C=O) groups excluding carboxylic acids is 2. The van der Waals surface area contributed by atoms with E-state index in [1.54, 1.807) is 17.0 Å². The molecular formula is C17H16FN5O3S. The number of hydrogen-bond donors (Lipinski definition) is 0. The van der Waals surface area contributed by atoms with Crippen LogP contribution in [0.5, 0.6) is 0 Å². The number of aliphatic imine (C=N–C) groups is 2. The van der Waals surface area contributed by atoms with E-state index in [4.69, 9.17) is 4.74 Å². The molecule has 27 heavy (non-hydrogen) atoms. The molecule has 3 aliphatic rings. The van der Waals surface area contributed by atoms with Crippen LogP contribution in [0, 0.1) is 11.7 Å². The Balaban J connectivity index is 1.46. The van der Waals surface area contributed by atoms with Crippen LogP contribution in [0.2, 0.25) is 0 Å². The Kier molecular flexibility index (Phi) is 4.99. The third-order valence-electron chi connectivity index (χ3n) is 4.27. The Hall–Kier alpha value is -2.59. The molecule has 0 bridgehead atoms. The molecule has 0 N–H and O–H groups in total. The largest absolute Gasteiger partial charge is 0.378 e. The maximum absolute atomic E-state index is 13.2. The van der Waals surface area contributed by atoms with E-state index in [0.717, 1.165) is 11.8 Å². The van der Waals surface area contributed by atoms with Crippen molar-refractivity contribution in [3.63, 3.8) is 0 Å². The monoisotopic (exact) mass is 389 g/mol. The number of hydrogen-bond acceptors (Lipinski definition) is 7. The number of anilines is 1. The molecule has 0 radical (unpaired) electrons. The average molecular weight is 389 g/mol. The first-order chi connectivity index (χ1) is 13.1. The van der Waals surface area contributed by atoms with Gasteiger partial charge in [-0.15, -0.1) is 0 Å². The van der Waals surface area contributed by atoms with Crippen molar-refractivity contribution in [2.24, 2.45) is 21.0 Å². The van der Waals surface area contributed by atoms with Gasteiger partial charge in [0, 0.05) is 19.3 Å². The van der Waals surface area contributed by atoms with Gasteiger partial charge in [0.1, 0.15) is 11.7 Å². The third kappa shape index (κ3) is 3.76. The molecule has 0 aliphatic carbocycles. The SMILES string of the molecule is O=C1N=C(SCC(=O)N2CCOCC2)N=C2C1C=NN2c1ccc(F)cc1. The molecule has 1 aromatic rings. The van der Waals surface area contributed by atoms with E-state index < -0.39 is 5.92 Å². The smallest absolute Gasteiger partial charge is 0.264 e. The number of morpholine rings is 1. The van der Waals surface area contributed by atoms with Gasteiger partial charge < -0.3 is 9.64 Å². The summed E-state index contributed by atoms with van der Waals surface area (Å²) < 4.78 is 18.4. The fourth-order valence-corrected chi connectivity index (χ4v) is 3.59. The normalized spacial score (nSPS) is 21.8. The fraction of sp³-hybridized carbons (Fsp3) is 0.353. The van der Waals surface area contributed by atoms with Crippen LogP contribution in [0.4, 0.5) is 10.1 Å². The van der Waals surface area contributed by atoms with Crippen molar-refractivity contribution in [3.05, 3.63) is 30.1 Å². The van der Waals surface area contributed by atoms with Crippen molar-refractivity contribution in [2.45, 2.75) is 0 Å². The summed E-state index contributed by atoms with van der Waals surface area (Å²) in [5.41, 5.74) is 0.595. The molecule has 0 saturated carbocycles. The van der Waals surface area contributed by atoms with E-state index >= 15 is 0 Å². The van der Waals surface area contributed by atoms with Gasteiger partial charge in [0.25, 0.3) is 5.91 Å². The summed E-state index contributed by atoms with van der Waals surface area (Å²) >= 11 is 1.12. The first kappa shape index (κ1) is 17.8. The molecular weight excluding hydrogens is 373 g/mol. The summed E-state index contributed by atoms with van der Waals surface area (Å²) in [5, 5.41) is 5.91. The molecule has 1 unspecified atom stereocenters. The zero-order chi connectivity index (χ0) is 18.8. The Morgan fingerprint density at radius 3 is 2.70 bits per heavy atom. The van der Waals surface area contributed by atoms with E-state index in [2.05, 4.69) is 15.1 Å². The lowest BCUT2D eigenvalue weighted by atomic mass is 10.1. The number of halogens is 1. The van der Waals surface area contributed by atoms with Crippen molar-refractivity contribution < 1.29 is 18.7 Å². The number of fused-ring (bicyclic) bond motifs is 1. The van der Waals surface area contributed by atoms with Gasteiger partial charge in [-0.2, -0.15) is 10.1 Å².